The van der Waals surface area contributed by atoms with Crippen LogP contribution in [0.4, 0.5) is 4.39 Å². The molecule has 0 aliphatic rings. The molecule has 0 aliphatic heterocycles. The molecular weight excluding hydrogens is 327 g/mol. The molecule has 5 heteroatoms. The van der Waals surface area contributed by atoms with Crippen LogP contribution in [0.3, 0.4) is 0 Å². The minimum atomic E-state index is -0.612. The Bertz CT molecular complexity index is 654. The largest absolute Gasteiger partial charge is 0.350 e. The molecular formula is C19H22ClFN2O. The molecule has 2 aromatic rings. The minimum Gasteiger partial charge on any atom is -0.350 e. The quantitative estimate of drug-likeness (QED) is 0.809. The molecule has 0 aliphatic carbocycles. The molecule has 2 aromatic carbocycles. The first kappa shape index (κ1) is 18.4. The lowest BCUT2D eigenvalue weighted by atomic mass is 10.0. The Kier molecular flexibility index (Phi) is 6.76. The van der Waals surface area contributed by atoms with Crippen LogP contribution in [0.1, 0.15) is 35.8 Å². The van der Waals surface area contributed by atoms with Gasteiger partial charge < -0.3 is 5.32 Å². The average Bonchev–Trinajstić information content (AvgIpc) is 2.59. The number of hydrogen-bond donors (Lipinski definition) is 1. The summed E-state index contributed by atoms with van der Waals surface area (Å²) >= 11 is 5.96. The van der Waals surface area contributed by atoms with E-state index in [4.69, 9.17) is 11.6 Å². The van der Waals surface area contributed by atoms with Gasteiger partial charge in [-0.3, -0.25) is 9.69 Å². The van der Waals surface area contributed by atoms with Crippen molar-refractivity contribution in [3.8, 4) is 0 Å². The Morgan fingerprint density at radius 2 is 1.79 bits per heavy atom. The fourth-order valence-corrected chi connectivity index (χ4v) is 3.04. The predicted octanol–water partition coefficient (Wildman–Crippen LogP) is 4.29. The summed E-state index contributed by atoms with van der Waals surface area (Å²) in [6.45, 7) is 6.25. The molecule has 0 bridgehead atoms. The maximum absolute atomic E-state index is 13.9. The number of carbonyl (C=O) groups is 1. The Morgan fingerprint density at radius 1 is 1.12 bits per heavy atom. The molecule has 0 fully saturated rings. The summed E-state index contributed by atoms with van der Waals surface area (Å²) in [7, 11) is 0. The fraction of sp³-hybridized carbons (Fsp3) is 0.316. The molecule has 24 heavy (non-hydrogen) atoms. The number of halogens is 2. The number of nitrogens with one attached hydrogen (secondary N) is 1. The van der Waals surface area contributed by atoms with Crippen molar-refractivity contribution >= 4 is 17.5 Å². The lowest BCUT2D eigenvalue weighted by molar-refractivity contribution is 0.0931. The molecule has 0 radical (unpaired) electrons. The summed E-state index contributed by atoms with van der Waals surface area (Å²) in [5.41, 5.74) is 1.01. The van der Waals surface area contributed by atoms with Crippen molar-refractivity contribution in [1.82, 2.24) is 10.2 Å². The van der Waals surface area contributed by atoms with E-state index in [9.17, 15) is 9.18 Å². The van der Waals surface area contributed by atoms with Crippen LogP contribution in [0.2, 0.25) is 5.02 Å². The van der Waals surface area contributed by atoms with Crippen molar-refractivity contribution in [2.45, 2.75) is 19.9 Å². The van der Waals surface area contributed by atoms with Crippen LogP contribution in [0.15, 0.2) is 48.5 Å². The molecule has 0 heterocycles. The van der Waals surface area contributed by atoms with Crippen molar-refractivity contribution in [3.05, 3.63) is 70.5 Å². The highest BCUT2D eigenvalue weighted by Gasteiger charge is 2.21. The van der Waals surface area contributed by atoms with E-state index in [0.29, 0.717) is 6.54 Å². The third-order valence-electron chi connectivity index (χ3n) is 4.08. The topological polar surface area (TPSA) is 32.3 Å². The summed E-state index contributed by atoms with van der Waals surface area (Å²) in [6, 6.07) is 14.2. The zero-order chi connectivity index (χ0) is 17.5. The molecule has 0 aromatic heterocycles. The lowest BCUT2D eigenvalue weighted by Crippen LogP contribution is -2.38. The average molecular weight is 349 g/mol. The van der Waals surface area contributed by atoms with Crippen LogP contribution in [0.5, 0.6) is 0 Å². The molecule has 2 rings (SSSR count). The van der Waals surface area contributed by atoms with Crippen LogP contribution in [0, 0.1) is 5.82 Å². The second-order valence-electron chi connectivity index (χ2n) is 5.45. The van der Waals surface area contributed by atoms with Gasteiger partial charge in [-0.05, 0) is 30.8 Å². The molecule has 1 N–H and O–H groups in total. The Hall–Kier alpha value is -1.91. The van der Waals surface area contributed by atoms with E-state index in [-0.39, 0.29) is 16.6 Å². The Balaban J connectivity index is 2.17. The van der Waals surface area contributed by atoms with Crippen molar-refractivity contribution in [1.29, 1.82) is 0 Å². The summed E-state index contributed by atoms with van der Waals surface area (Å²) in [5.74, 6) is -1.11. The number of rotatable bonds is 7. The van der Waals surface area contributed by atoms with Crippen LogP contribution in [-0.2, 0) is 0 Å². The van der Waals surface area contributed by atoms with Crippen molar-refractivity contribution in [2.24, 2.45) is 0 Å². The van der Waals surface area contributed by atoms with Crippen LogP contribution in [0.25, 0.3) is 0 Å². The maximum atomic E-state index is 13.9. The van der Waals surface area contributed by atoms with E-state index < -0.39 is 11.7 Å². The number of carbonyl (C=O) groups excluding carboxylic acids is 1. The van der Waals surface area contributed by atoms with Crippen LogP contribution in [-0.4, -0.2) is 30.4 Å². The predicted molar refractivity (Wildman–Crippen MR) is 95.8 cm³/mol. The zero-order valence-corrected chi connectivity index (χ0v) is 14.7. The summed E-state index contributed by atoms with van der Waals surface area (Å²) < 4.78 is 13.9. The van der Waals surface area contributed by atoms with Gasteiger partial charge in [-0.25, -0.2) is 4.39 Å². The highest BCUT2D eigenvalue weighted by atomic mass is 35.5. The number of nitrogens with zero attached hydrogens (tertiary/aromatic N) is 1. The van der Waals surface area contributed by atoms with Gasteiger partial charge in [0.1, 0.15) is 5.82 Å². The third-order valence-corrected chi connectivity index (χ3v) is 4.40. The third kappa shape index (κ3) is 4.34. The number of likely N-dealkylation sites (N-methyl/N-ethyl adjacent to an activating group) is 1. The molecule has 0 saturated heterocycles. The zero-order valence-electron chi connectivity index (χ0n) is 13.9. The minimum absolute atomic E-state index is 0.0238. The highest BCUT2D eigenvalue weighted by molar-refractivity contribution is 6.33. The first-order valence-electron chi connectivity index (χ1n) is 8.09. The van der Waals surface area contributed by atoms with Gasteiger partial charge in [-0.1, -0.05) is 61.8 Å². The van der Waals surface area contributed by atoms with E-state index in [2.05, 4.69) is 24.1 Å². The normalized spacial score (nSPS) is 12.2. The van der Waals surface area contributed by atoms with Gasteiger partial charge in [0.25, 0.3) is 5.91 Å². The standard InChI is InChI=1S/C19H22ClFN2O/c1-3-23(4-2)17(14-9-6-5-7-10-14)13-22-19(24)18-15(20)11-8-12-16(18)21/h5-12,17H,3-4,13H2,1-2H3,(H,22,24). The monoisotopic (exact) mass is 348 g/mol. The van der Waals surface area contributed by atoms with Gasteiger partial charge >= 0.3 is 0 Å². The summed E-state index contributed by atoms with van der Waals surface area (Å²) in [6.07, 6.45) is 0. The molecule has 0 spiro atoms. The molecule has 128 valence electrons. The van der Waals surface area contributed by atoms with Gasteiger partial charge in [-0.2, -0.15) is 0 Å². The van der Waals surface area contributed by atoms with Crippen LogP contribution < -0.4 is 5.32 Å². The fourth-order valence-electron chi connectivity index (χ4n) is 2.79. The first-order chi connectivity index (χ1) is 11.6. The molecule has 1 unspecified atom stereocenters. The van der Waals surface area contributed by atoms with E-state index in [1.165, 1.54) is 18.2 Å². The smallest absolute Gasteiger partial charge is 0.255 e. The van der Waals surface area contributed by atoms with E-state index in [1.54, 1.807) is 0 Å². The van der Waals surface area contributed by atoms with E-state index in [0.717, 1.165) is 18.7 Å². The highest BCUT2D eigenvalue weighted by Crippen LogP contribution is 2.21. The van der Waals surface area contributed by atoms with Gasteiger partial charge in [0.05, 0.1) is 16.6 Å². The van der Waals surface area contributed by atoms with Crippen molar-refractivity contribution in [3.63, 3.8) is 0 Å². The SMILES string of the molecule is CCN(CC)C(CNC(=O)c1c(F)cccc1Cl)c1ccccc1. The second kappa shape index (κ2) is 8.81. The molecule has 1 amide bonds. The van der Waals surface area contributed by atoms with Crippen LogP contribution >= 0.6 is 11.6 Å². The Labute approximate surface area is 147 Å². The van der Waals surface area contributed by atoms with Gasteiger partial charge in [-0.15, -0.1) is 0 Å². The second-order valence-corrected chi connectivity index (χ2v) is 5.86. The van der Waals surface area contributed by atoms with Gasteiger partial charge in [0.2, 0.25) is 0 Å². The van der Waals surface area contributed by atoms with Crippen molar-refractivity contribution in [2.75, 3.05) is 19.6 Å². The van der Waals surface area contributed by atoms with Gasteiger partial charge in [0.15, 0.2) is 0 Å². The van der Waals surface area contributed by atoms with Crippen molar-refractivity contribution < 1.29 is 9.18 Å². The number of amides is 1. The molecule has 0 saturated carbocycles. The number of benzene rings is 2. The molecule has 3 nitrogen and oxygen atoms in total. The van der Waals surface area contributed by atoms with Gasteiger partial charge in [0, 0.05) is 6.54 Å². The first-order valence-corrected chi connectivity index (χ1v) is 8.47. The maximum Gasteiger partial charge on any atom is 0.255 e. The van der Waals surface area contributed by atoms with E-state index in [1.807, 2.05) is 30.3 Å². The summed E-state index contributed by atoms with van der Waals surface area (Å²) in [4.78, 5) is 14.6. The molecule has 1 atom stereocenters. The lowest BCUT2D eigenvalue weighted by Gasteiger charge is -2.30. The summed E-state index contributed by atoms with van der Waals surface area (Å²) in [5, 5.41) is 2.94. The van der Waals surface area contributed by atoms with E-state index >= 15 is 0 Å². The Morgan fingerprint density at radius 3 is 2.38 bits per heavy atom. The number of hydrogen-bond acceptors (Lipinski definition) is 2.